The second-order valence-electron chi connectivity index (χ2n) is 1.84. The molecule has 0 amide bonds. The molecule has 0 heterocycles. The monoisotopic (exact) mass is 374 g/mol. The third-order valence-corrected chi connectivity index (χ3v) is 1.25. The Morgan fingerprint density at radius 3 is 1.44 bits per heavy atom. The molecule has 1 aromatic carbocycles. The van der Waals surface area contributed by atoms with Gasteiger partial charge in [-0.15, -0.1) is 0 Å². The van der Waals surface area contributed by atoms with Crippen LogP contribution in [0, 0.1) is 4.93 Å². The van der Waals surface area contributed by atoms with Gasteiger partial charge in [-0.3, -0.25) is 4.93 Å². The third-order valence-electron chi connectivity index (χ3n) is 1.25. The average Bonchev–Trinajstić information content (AvgIpc) is 2.37. The Labute approximate surface area is 130 Å². The normalized spacial score (nSPS) is 5.69. The van der Waals surface area contributed by atoms with Crippen LogP contribution in [-0.4, -0.2) is 0 Å². The molecule has 0 aliphatic carbocycles. The molecule has 0 fully saturated rings. The van der Waals surface area contributed by atoms with Gasteiger partial charge in [0, 0.05) is 18.6 Å². The van der Waals surface area contributed by atoms with Gasteiger partial charge in [-0.25, -0.2) is 0 Å². The van der Waals surface area contributed by atoms with Gasteiger partial charge in [0.15, 0.2) is 0 Å². The molecule has 0 unspecified atom stereocenters. The maximum Gasteiger partial charge on any atom is 0 e. The Bertz CT molecular complexity index is 152. The van der Waals surface area contributed by atoms with E-state index >= 15 is 0 Å². The fourth-order valence-corrected chi connectivity index (χ4v) is 0.714. The average molecular weight is 374 g/mol. The largest absolute Gasteiger partial charge is 0.319 e. The van der Waals surface area contributed by atoms with Gasteiger partial charge in [0.2, 0.25) is 0 Å². The van der Waals surface area contributed by atoms with E-state index in [9.17, 15) is 0 Å². The summed E-state index contributed by atoms with van der Waals surface area (Å²) in [5, 5.41) is 0. The second kappa shape index (κ2) is 36.1. The van der Waals surface area contributed by atoms with Crippen LogP contribution in [0.2, 0.25) is 0 Å². The summed E-state index contributed by atoms with van der Waals surface area (Å²) in [7, 11) is 0. The van der Waals surface area contributed by atoms with Gasteiger partial charge < -0.3 is 22.6 Å². The molecule has 0 saturated heterocycles. The standard InChI is InChI=1S/C8H10.2C2H6.CH2I.CH4.V/c1-2-8-6-4-3-5-7-8;3*1-2;;/h3-7H,2H2,1H3;2*1-2H3;1H2;1H4;/q;;;-1;;. The van der Waals surface area contributed by atoms with Crippen molar-refractivity contribution in [2.45, 2.75) is 48.5 Å². The summed E-state index contributed by atoms with van der Waals surface area (Å²) in [6, 6.07) is 10.5. The van der Waals surface area contributed by atoms with Crippen LogP contribution < -0.4 is 0 Å². The van der Waals surface area contributed by atoms with E-state index in [4.69, 9.17) is 0 Å². The Kier molecular flexibility index (Phi) is 67.7. The zero-order valence-electron chi connectivity index (χ0n) is 10.6. The summed E-state index contributed by atoms with van der Waals surface area (Å²) in [5.41, 5.74) is 1.41. The molecule has 2 heteroatoms. The third kappa shape index (κ3) is 24.0. The van der Waals surface area contributed by atoms with Crippen molar-refractivity contribution in [3.05, 3.63) is 40.8 Å². The molecule has 0 atom stereocenters. The number of rotatable bonds is 1. The Morgan fingerprint density at radius 2 is 1.25 bits per heavy atom. The molecular formula is C14H28IV-. The van der Waals surface area contributed by atoms with Crippen LogP contribution in [0.15, 0.2) is 30.3 Å². The van der Waals surface area contributed by atoms with Crippen LogP contribution in [0.25, 0.3) is 0 Å². The van der Waals surface area contributed by atoms with Crippen molar-refractivity contribution in [1.82, 2.24) is 0 Å². The molecule has 1 aromatic rings. The number of aryl methyl sites for hydroxylation is 1. The molecule has 97 valence electrons. The van der Waals surface area contributed by atoms with Gasteiger partial charge in [0.25, 0.3) is 0 Å². The van der Waals surface area contributed by atoms with Crippen molar-refractivity contribution in [3.8, 4) is 0 Å². The predicted molar refractivity (Wildman–Crippen MR) is 84.6 cm³/mol. The molecule has 0 saturated carbocycles. The van der Waals surface area contributed by atoms with Gasteiger partial charge >= 0.3 is 0 Å². The van der Waals surface area contributed by atoms with E-state index in [-0.39, 0.29) is 26.0 Å². The summed E-state index contributed by atoms with van der Waals surface area (Å²) in [6.45, 7) is 10.2. The van der Waals surface area contributed by atoms with Crippen LogP contribution >= 0.6 is 22.6 Å². The molecule has 0 aliphatic rings. The summed E-state index contributed by atoms with van der Waals surface area (Å²) >= 11 is 1.90. The van der Waals surface area contributed by atoms with E-state index in [0.717, 1.165) is 6.42 Å². The first-order valence-electron chi connectivity index (χ1n) is 5.24. The van der Waals surface area contributed by atoms with Crippen LogP contribution in [0.4, 0.5) is 0 Å². The molecule has 1 rings (SSSR count). The number of hydrogen-bond donors (Lipinski definition) is 0. The Balaban J connectivity index is -0.0000000445. The van der Waals surface area contributed by atoms with Gasteiger partial charge in [-0.1, -0.05) is 72.4 Å². The van der Waals surface area contributed by atoms with Crippen molar-refractivity contribution >= 4 is 22.6 Å². The molecule has 0 aliphatic heterocycles. The van der Waals surface area contributed by atoms with Crippen LogP contribution in [0.5, 0.6) is 0 Å². The zero-order valence-corrected chi connectivity index (χ0v) is 14.2. The first kappa shape index (κ1) is 30.0. The summed E-state index contributed by atoms with van der Waals surface area (Å²) < 4.78 is 0. The zero-order chi connectivity index (χ0) is 11.8. The Hall–Kier alpha value is 0.534. The smallest absolute Gasteiger partial charge is 0 e. The number of hydrogen-bond acceptors (Lipinski definition) is 0. The van der Waals surface area contributed by atoms with Crippen molar-refractivity contribution in [2.24, 2.45) is 0 Å². The van der Waals surface area contributed by atoms with Gasteiger partial charge in [0.05, 0.1) is 0 Å². The number of benzene rings is 1. The van der Waals surface area contributed by atoms with Crippen LogP contribution in [0.3, 0.4) is 0 Å². The van der Waals surface area contributed by atoms with E-state index < -0.39 is 0 Å². The van der Waals surface area contributed by atoms with Crippen molar-refractivity contribution in [2.75, 3.05) is 0 Å². The SMILES string of the molecule is C.CC.CC.CCc1ccccc1.[CH2-]I.[V]. The first-order chi connectivity index (χ1) is 6.93. The molecule has 0 bridgehead atoms. The fourth-order valence-electron chi connectivity index (χ4n) is 0.714. The van der Waals surface area contributed by atoms with Crippen LogP contribution in [-0.2, 0) is 25.0 Å². The maximum absolute atomic E-state index is 3.22. The molecular weight excluding hydrogens is 346 g/mol. The van der Waals surface area contributed by atoms with Gasteiger partial charge in [-0.05, 0) is 12.0 Å². The predicted octanol–water partition coefficient (Wildman–Crippen LogP) is 6.15. The first-order valence-corrected chi connectivity index (χ1v) is 6.76. The molecule has 0 spiro atoms. The van der Waals surface area contributed by atoms with E-state index in [1.165, 1.54) is 5.56 Å². The van der Waals surface area contributed by atoms with E-state index in [2.05, 4.69) is 36.1 Å². The van der Waals surface area contributed by atoms with E-state index in [1.54, 1.807) is 0 Å². The van der Waals surface area contributed by atoms with E-state index in [0.29, 0.717) is 0 Å². The molecule has 0 nitrogen and oxygen atoms in total. The maximum atomic E-state index is 3.22. The molecule has 0 N–H and O–H groups in total. The topological polar surface area (TPSA) is 0 Å². The summed E-state index contributed by atoms with van der Waals surface area (Å²) in [5.74, 6) is 0. The quantitative estimate of drug-likeness (QED) is 0.409. The minimum absolute atomic E-state index is 0. The van der Waals surface area contributed by atoms with Crippen molar-refractivity contribution in [1.29, 1.82) is 0 Å². The molecule has 1 radical (unpaired) electrons. The number of halogens is 1. The molecule has 16 heavy (non-hydrogen) atoms. The van der Waals surface area contributed by atoms with E-state index in [1.807, 2.05) is 56.4 Å². The van der Waals surface area contributed by atoms with Crippen molar-refractivity contribution < 1.29 is 18.6 Å². The van der Waals surface area contributed by atoms with Gasteiger partial charge in [0.1, 0.15) is 0 Å². The summed E-state index contributed by atoms with van der Waals surface area (Å²) in [4.78, 5) is 3.22. The molecule has 0 aromatic heterocycles. The van der Waals surface area contributed by atoms with Crippen molar-refractivity contribution in [3.63, 3.8) is 0 Å². The Morgan fingerprint density at radius 1 is 0.938 bits per heavy atom. The minimum atomic E-state index is 0. The van der Waals surface area contributed by atoms with Crippen LogP contribution in [0.1, 0.15) is 47.6 Å². The second-order valence-corrected chi connectivity index (χ2v) is 1.84. The van der Waals surface area contributed by atoms with Gasteiger partial charge in [-0.2, -0.15) is 0 Å². The minimum Gasteiger partial charge on any atom is -0.319 e. The fraction of sp³-hybridized carbons (Fsp3) is 0.500. The summed E-state index contributed by atoms with van der Waals surface area (Å²) in [6.07, 6.45) is 1.14.